The van der Waals surface area contributed by atoms with Crippen LogP contribution in [0.25, 0.3) is 17.0 Å². The number of quaternary nitrogens is 1. The molecule has 2 atom stereocenters. The fourth-order valence-corrected chi connectivity index (χ4v) is 4.89. The van der Waals surface area contributed by atoms with Crippen molar-refractivity contribution in [2.75, 3.05) is 19.6 Å². The van der Waals surface area contributed by atoms with Crippen molar-refractivity contribution in [3.63, 3.8) is 0 Å². The number of hydrogen-bond acceptors (Lipinski definition) is 3. The number of hydrogen-bond donors (Lipinski definition) is 0. The van der Waals surface area contributed by atoms with Gasteiger partial charge in [0.2, 0.25) is 0 Å². The standard InChI is InChI=1S/C19H21N3O2/c1-20-15-5-3-2-4-14(15)18-16(20)8-11-22(24,19(18)23)17-12-21-9-6-13(17)7-10-21/h2-5,8,11,13,17H,6-7,9-10,12H2,1H3/t17-,22?/m1/s1. The summed E-state index contributed by atoms with van der Waals surface area (Å²) in [7, 11) is 1.96. The number of benzene rings is 1. The number of aryl methyl sites for hydroxylation is 1. The minimum absolute atomic E-state index is 0.164. The first-order valence-corrected chi connectivity index (χ1v) is 8.73. The lowest BCUT2D eigenvalue weighted by Gasteiger charge is -2.53. The van der Waals surface area contributed by atoms with Crippen molar-refractivity contribution in [3.05, 3.63) is 46.9 Å². The maximum Gasteiger partial charge on any atom is 0.353 e. The SMILES string of the molecule is Cn1c2c(c3ccccc31)C(=O)[N+]([O-])([C@@H]1CN3CCC1CC3)C=C2. The first kappa shape index (κ1) is 14.4. The van der Waals surface area contributed by atoms with Gasteiger partial charge in [-0.25, -0.2) is 4.79 Å². The van der Waals surface area contributed by atoms with Crippen molar-refractivity contribution in [2.24, 2.45) is 13.0 Å². The highest BCUT2D eigenvalue weighted by atomic mass is 16.6. The van der Waals surface area contributed by atoms with E-state index in [1.54, 1.807) is 6.20 Å². The van der Waals surface area contributed by atoms with Crippen molar-refractivity contribution >= 4 is 22.9 Å². The molecule has 24 heavy (non-hydrogen) atoms. The van der Waals surface area contributed by atoms with Crippen LogP contribution in [0.3, 0.4) is 0 Å². The average molecular weight is 323 g/mol. The van der Waals surface area contributed by atoms with Crippen molar-refractivity contribution in [2.45, 2.75) is 18.9 Å². The molecule has 5 heteroatoms. The summed E-state index contributed by atoms with van der Waals surface area (Å²) in [6.07, 6.45) is 5.53. The number of amides is 1. The van der Waals surface area contributed by atoms with E-state index in [1.165, 1.54) is 0 Å². The zero-order chi connectivity index (χ0) is 16.5. The van der Waals surface area contributed by atoms with E-state index >= 15 is 0 Å². The van der Waals surface area contributed by atoms with Gasteiger partial charge in [0.25, 0.3) is 0 Å². The highest BCUT2D eigenvalue weighted by molar-refractivity contribution is 6.09. The number of carbonyl (C=O) groups is 1. The number of aromatic nitrogens is 1. The molecule has 4 aliphatic heterocycles. The summed E-state index contributed by atoms with van der Waals surface area (Å²) < 4.78 is 1.20. The second kappa shape index (κ2) is 4.79. The Balaban J connectivity index is 1.65. The van der Waals surface area contributed by atoms with Gasteiger partial charge in [0.15, 0.2) is 0 Å². The predicted octanol–water partition coefficient (Wildman–Crippen LogP) is 2.71. The Hall–Kier alpha value is -1.95. The summed E-state index contributed by atoms with van der Waals surface area (Å²) >= 11 is 0. The molecule has 0 spiro atoms. The lowest BCUT2D eigenvalue weighted by atomic mass is 9.82. The molecule has 0 N–H and O–H groups in total. The fraction of sp³-hybridized carbons (Fsp3) is 0.421. The average Bonchev–Trinajstić information content (AvgIpc) is 2.92. The molecular formula is C19H21N3O2. The van der Waals surface area contributed by atoms with Gasteiger partial charge >= 0.3 is 5.91 Å². The van der Waals surface area contributed by atoms with Crippen molar-refractivity contribution in [3.8, 4) is 0 Å². The highest BCUT2D eigenvalue weighted by Crippen LogP contribution is 2.40. The largest absolute Gasteiger partial charge is 0.620 e. The zero-order valence-corrected chi connectivity index (χ0v) is 13.8. The van der Waals surface area contributed by atoms with Crippen LogP contribution in [0.4, 0.5) is 0 Å². The molecule has 0 aliphatic carbocycles. The van der Waals surface area contributed by atoms with Crippen molar-refractivity contribution in [1.29, 1.82) is 0 Å². The lowest BCUT2D eigenvalue weighted by Crippen LogP contribution is -2.64. The predicted molar refractivity (Wildman–Crippen MR) is 92.9 cm³/mol. The number of piperidine rings is 3. The summed E-state index contributed by atoms with van der Waals surface area (Å²) in [6, 6.07) is 7.69. The van der Waals surface area contributed by atoms with Gasteiger partial charge in [0, 0.05) is 29.9 Å². The van der Waals surface area contributed by atoms with Crippen LogP contribution >= 0.6 is 0 Å². The highest BCUT2D eigenvalue weighted by Gasteiger charge is 2.48. The van der Waals surface area contributed by atoms with E-state index in [9.17, 15) is 10.0 Å². The van der Waals surface area contributed by atoms with E-state index in [4.69, 9.17) is 0 Å². The smallest absolute Gasteiger partial charge is 0.353 e. The molecule has 4 aliphatic rings. The molecule has 0 saturated carbocycles. The monoisotopic (exact) mass is 323 g/mol. The third kappa shape index (κ3) is 1.72. The van der Waals surface area contributed by atoms with Crippen LogP contribution in [0, 0.1) is 11.1 Å². The maximum atomic E-state index is 13.7. The Bertz CT molecular complexity index is 876. The molecule has 1 unspecified atom stereocenters. The Morgan fingerprint density at radius 1 is 1.21 bits per heavy atom. The molecule has 1 amide bonds. The van der Waals surface area contributed by atoms with E-state index < -0.39 is 4.65 Å². The Morgan fingerprint density at radius 2 is 1.96 bits per heavy atom. The first-order chi connectivity index (χ1) is 11.6. The summed E-state index contributed by atoms with van der Waals surface area (Å²) in [6.45, 7) is 2.88. The molecular weight excluding hydrogens is 302 g/mol. The van der Waals surface area contributed by atoms with Crippen LogP contribution in [-0.4, -0.2) is 45.7 Å². The van der Waals surface area contributed by atoms with Gasteiger partial charge in [-0.15, -0.1) is 0 Å². The lowest BCUT2D eigenvalue weighted by molar-refractivity contribution is -0.780. The third-order valence-corrected chi connectivity index (χ3v) is 6.25. The molecule has 5 heterocycles. The van der Waals surface area contributed by atoms with Crippen molar-refractivity contribution in [1.82, 2.24) is 9.47 Å². The van der Waals surface area contributed by atoms with Crippen LogP contribution in [0.15, 0.2) is 30.5 Å². The summed E-state index contributed by atoms with van der Waals surface area (Å²) in [5.41, 5.74) is 2.46. The van der Waals surface area contributed by atoms with Gasteiger partial charge in [0.05, 0.1) is 12.2 Å². The zero-order valence-electron chi connectivity index (χ0n) is 13.8. The number of hydroxylamine groups is 3. The molecule has 2 aromatic rings. The van der Waals surface area contributed by atoms with Gasteiger partial charge < -0.3 is 9.77 Å². The Labute approximate surface area is 140 Å². The maximum absolute atomic E-state index is 13.7. The van der Waals surface area contributed by atoms with Gasteiger partial charge in [0.1, 0.15) is 17.8 Å². The minimum Gasteiger partial charge on any atom is -0.620 e. The van der Waals surface area contributed by atoms with E-state index in [2.05, 4.69) is 4.90 Å². The molecule has 5 nitrogen and oxygen atoms in total. The van der Waals surface area contributed by atoms with E-state index in [-0.39, 0.29) is 11.9 Å². The van der Waals surface area contributed by atoms with Gasteiger partial charge in [-0.1, -0.05) is 18.2 Å². The minimum atomic E-state index is -0.817. The van der Waals surface area contributed by atoms with Crippen molar-refractivity contribution < 1.29 is 9.44 Å². The van der Waals surface area contributed by atoms with Crippen LogP contribution in [0.1, 0.15) is 28.9 Å². The molecule has 3 fully saturated rings. The number of carbonyl (C=O) groups excluding carboxylic acids is 1. The van der Waals surface area contributed by atoms with E-state index in [0.29, 0.717) is 11.5 Å². The molecule has 2 bridgehead atoms. The molecule has 124 valence electrons. The normalized spacial score (nSPS) is 34.8. The number of fused-ring (bicyclic) bond motifs is 6. The fourth-order valence-electron chi connectivity index (χ4n) is 4.89. The van der Waals surface area contributed by atoms with Crippen LogP contribution in [0.2, 0.25) is 0 Å². The molecule has 3 saturated heterocycles. The number of rotatable bonds is 1. The van der Waals surface area contributed by atoms with E-state index in [1.807, 2.05) is 42.0 Å². The van der Waals surface area contributed by atoms with Gasteiger partial charge in [-0.2, -0.15) is 0 Å². The van der Waals surface area contributed by atoms with Gasteiger partial charge in [-0.3, -0.25) is 9.55 Å². The Morgan fingerprint density at radius 3 is 2.67 bits per heavy atom. The number of para-hydroxylation sites is 1. The molecule has 1 aromatic carbocycles. The molecule has 0 radical (unpaired) electrons. The van der Waals surface area contributed by atoms with E-state index in [0.717, 1.165) is 49.1 Å². The third-order valence-electron chi connectivity index (χ3n) is 6.25. The van der Waals surface area contributed by atoms with Crippen LogP contribution in [-0.2, 0) is 7.05 Å². The topological polar surface area (TPSA) is 48.3 Å². The second-order valence-corrected chi connectivity index (χ2v) is 7.37. The Kier molecular flexibility index (Phi) is 2.87. The van der Waals surface area contributed by atoms with Crippen LogP contribution in [0.5, 0.6) is 0 Å². The summed E-state index contributed by atoms with van der Waals surface area (Å²) in [5.74, 6) is 0.0701. The second-order valence-electron chi connectivity index (χ2n) is 7.37. The molecule has 6 rings (SSSR count). The number of nitrogens with zero attached hydrogens (tertiary/aromatic N) is 3. The first-order valence-electron chi connectivity index (χ1n) is 8.73. The summed E-state index contributed by atoms with van der Waals surface area (Å²) in [5, 5.41) is 14.6. The van der Waals surface area contributed by atoms with Crippen LogP contribution < -0.4 is 0 Å². The summed E-state index contributed by atoms with van der Waals surface area (Å²) in [4.78, 5) is 15.7. The molecule has 1 aromatic heterocycles. The quantitative estimate of drug-likeness (QED) is 0.599. The van der Waals surface area contributed by atoms with Gasteiger partial charge in [-0.05, 0) is 32.0 Å².